The molecule has 0 unspecified atom stereocenters. The van der Waals surface area contributed by atoms with Gasteiger partial charge in [0, 0.05) is 6.07 Å². The molecule has 110 valence electrons. The van der Waals surface area contributed by atoms with E-state index in [2.05, 4.69) is 10.5 Å². The predicted octanol–water partition coefficient (Wildman–Crippen LogP) is 1.06. The number of nitrogens with zero attached hydrogens (tertiary/aromatic N) is 1. The second-order valence-corrected chi connectivity index (χ2v) is 4.96. The highest BCUT2D eigenvalue weighted by molar-refractivity contribution is 7.13. The third kappa shape index (κ3) is 3.66. The van der Waals surface area contributed by atoms with Crippen LogP contribution in [0.4, 0.5) is 0 Å². The Morgan fingerprint density at radius 3 is 2.71 bits per heavy atom. The van der Waals surface area contributed by atoms with Crippen LogP contribution in [0.3, 0.4) is 0 Å². The first-order chi connectivity index (χ1) is 9.97. The first kappa shape index (κ1) is 14.7. The average Bonchev–Trinajstić information content (AvgIpc) is 3.08. The smallest absolute Gasteiger partial charge is 0.326 e. The summed E-state index contributed by atoms with van der Waals surface area (Å²) in [7, 11) is 0. The molecule has 8 nitrogen and oxygen atoms in total. The fraction of sp³-hybridized carbons (Fsp3) is 0.167. The van der Waals surface area contributed by atoms with Crippen molar-refractivity contribution in [2.75, 3.05) is 0 Å². The summed E-state index contributed by atoms with van der Waals surface area (Å²) in [5.74, 6) is -3.20. The third-order valence-electron chi connectivity index (χ3n) is 2.49. The largest absolute Gasteiger partial charge is 0.481 e. The van der Waals surface area contributed by atoms with Crippen LogP contribution in [-0.4, -0.2) is 39.3 Å². The lowest BCUT2D eigenvalue weighted by molar-refractivity contribution is -0.145. The van der Waals surface area contributed by atoms with Gasteiger partial charge < -0.3 is 20.1 Å². The highest BCUT2D eigenvalue weighted by atomic mass is 32.1. The third-order valence-corrected chi connectivity index (χ3v) is 3.37. The van der Waals surface area contributed by atoms with Crippen LogP contribution in [0, 0.1) is 0 Å². The second-order valence-electron chi connectivity index (χ2n) is 4.02. The van der Waals surface area contributed by atoms with E-state index in [1.54, 1.807) is 12.1 Å². The summed E-state index contributed by atoms with van der Waals surface area (Å²) in [6.07, 6.45) is -0.725. The van der Waals surface area contributed by atoms with Crippen LogP contribution in [0.15, 0.2) is 28.1 Å². The van der Waals surface area contributed by atoms with Gasteiger partial charge in [0.2, 0.25) is 0 Å². The normalized spacial score (nSPS) is 11.8. The van der Waals surface area contributed by atoms with Crippen molar-refractivity contribution in [1.82, 2.24) is 10.5 Å². The van der Waals surface area contributed by atoms with E-state index in [4.69, 9.17) is 14.7 Å². The van der Waals surface area contributed by atoms with E-state index in [0.717, 1.165) is 4.88 Å². The van der Waals surface area contributed by atoms with Crippen LogP contribution in [0.1, 0.15) is 16.9 Å². The molecule has 0 saturated heterocycles. The minimum absolute atomic E-state index is 0.116. The van der Waals surface area contributed by atoms with Gasteiger partial charge >= 0.3 is 11.9 Å². The molecular weight excluding hydrogens is 300 g/mol. The lowest BCUT2D eigenvalue weighted by Crippen LogP contribution is -2.42. The summed E-state index contributed by atoms with van der Waals surface area (Å²) in [6.45, 7) is 0. The van der Waals surface area contributed by atoms with E-state index in [-0.39, 0.29) is 5.69 Å². The van der Waals surface area contributed by atoms with Gasteiger partial charge in [-0.2, -0.15) is 0 Å². The Hall–Kier alpha value is -2.68. The number of aliphatic carboxylic acids is 2. The van der Waals surface area contributed by atoms with Crippen molar-refractivity contribution >= 4 is 29.2 Å². The Morgan fingerprint density at radius 2 is 2.14 bits per heavy atom. The molecule has 1 amide bonds. The van der Waals surface area contributed by atoms with E-state index >= 15 is 0 Å². The van der Waals surface area contributed by atoms with Crippen molar-refractivity contribution in [2.24, 2.45) is 0 Å². The molecule has 3 N–H and O–H groups in total. The van der Waals surface area contributed by atoms with Gasteiger partial charge in [0.1, 0.15) is 6.04 Å². The van der Waals surface area contributed by atoms with Crippen molar-refractivity contribution in [3.05, 3.63) is 29.3 Å². The number of thiophene rings is 1. The molecule has 0 radical (unpaired) electrons. The summed E-state index contributed by atoms with van der Waals surface area (Å²) < 4.78 is 4.99. The van der Waals surface area contributed by atoms with E-state index in [0.29, 0.717) is 5.76 Å². The molecule has 0 fully saturated rings. The molecule has 9 heteroatoms. The van der Waals surface area contributed by atoms with Gasteiger partial charge in [0.15, 0.2) is 11.5 Å². The zero-order valence-corrected chi connectivity index (χ0v) is 11.3. The van der Waals surface area contributed by atoms with Gasteiger partial charge in [-0.15, -0.1) is 11.3 Å². The van der Waals surface area contributed by atoms with Crippen LogP contribution < -0.4 is 5.32 Å². The van der Waals surface area contributed by atoms with Crippen molar-refractivity contribution in [2.45, 2.75) is 12.5 Å². The monoisotopic (exact) mass is 310 g/mol. The highest BCUT2D eigenvalue weighted by Crippen LogP contribution is 2.25. The van der Waals surface area contributed by atoms with E-state index in [9.17, 15) is 14.4 Å². The minimum Gasteiger partial charge on any atom is -0.481 e. The molecule has 0 aromatic carbocycles. The maximum absolute atomic E-state index is 11.8. The number of hydrogen-bond acceptors (Lipinski definition) is 6. The minimum atomic E-state index is -1.53. The van der Waals surface area contributed by atoms with Crippen LogP contribution in [0.25, 0.3) is 10.6 Å². The number of rotatable bonds is 6. The summed E-state index contributed by atoms with van der Waals surface area (Å²) in [5.41, 5.74) is -0.116. The number of carbonyl (C=O) groups is 3. The van der Waals surface area contributed by atoms with Crippen LogP contribution in [-0.2, 0) is 9.59 Å². The number of carboxylic acids is 2. The maximum atomic E-state index is 11.8. The Kier molecular flexibility index (Phi) is 4.33. The van der Waals surface area contributed by atoms with E-state index in [1.807, 2.05) is 5.38 Å². The molecular formula is C12H10N2O6S. The molecule has 0 aliphatic carbocycles. The molecule has 0 bridgehead atoms. The number of nitrogens with one attached hydrogen (secondary N) is 1. The van der Waals surface area contributed by atoms with Crippen molar-refractivity contribution in [1.29, 1.82) is 0 Å². The molecule has 0 aliphatic rings. The van der Waals surface area contributed by atoms with Gasteiger partial charge in [-0.3, -0.25) is 9.59 Å². The molecule has 2 aromatic heterocycles. The van der Waals surface area contributed by atoms with Crippen LogP contribution in [0.2, 0.25) is 0 Å². The first-order valence-corrected chi connectivity index (χ1v) is 6.61. The van der Waals surface area contributed by atoms with Gasteiger partial charge in [-0.1, -0.05) is 11.2 Å². The Bertz CT molecular complexity index is 663. The summed E-state index contributed by atoms with van der Waals surface area (Å²) >= 11 is 1.39. The lowest BCUT2D eigenvalue weighted by Gasteiger charge is -2.10. The zero-order valence-electron chi connectivity index (χ0n) is 10.5. The zero-order chi connectivity index (χ0) is 15.4. The Morgan fingerprint density at radius 1 is 1.38 bits per heavy atom. The standard InChI is InChI=1S/C12H10N2O6S/c15-10(16)5-7(12(18)19)13-11(17)6-4-8(20-14-6)9-2-1-3-21-9/h1-4,7H,5H2,(H,13,17)(H,15,16)(H,18,19)/t7-/m1/s1. The number of carboxylic acid groups (broad SMARTS) is 2. The molecule has 0 aliphatic heterocycles. The van der Waals surface area contributed by atoms with Crippen LogP contribution in [0.5, 0.6) is 0 Å². The molecule has 1 atom stereocenters. The lowest BCUT2D eigenvalue weighted by atomic mass is 10.2. The molecule has 2 aromatic rings. The van der Waals surface area contributed by atoms with Crippen molar-refractivity contribution in [3.63, 3.8) is 0 Å². The van der Waals surface area contributed by atoms with Crippen molar-refractivity contribution in [3.8, 4) is 10.6 Å². The van der Waals surface area contributed by atoms with E-state index < -0.39 is 30.3 Å². The van der Waals surface area contributed by atoms with E-state index in [1.165, 1.54) is 17.4 Å². The van der Waals surface area contributed by atoms with Crippen molar-refractivity contribution < 1.29 is 29.1 Å². The van der Waals surface area contributed by atoms with Crippen LogP contribution >= 0.6 is 11.3 Å². The number of hydrogen-bond donors (Lipinski definition) is 3. The number of amides is 1. The topological polar surface area (TPSA) is 130 Å². The number of aromatic nitrogens is 1. The number of carbonyl (C=O) groups excluding carboxylic acids is 1. The Balaban J connectivity index is 2.09. The quantitative estimate of drug-likeness (QED) is 0.727. The highest BCUT2D eigenvalue weighted by Gasteiger charge is 2.25. The molecule has 0 saturated carbocycles. The molecule has 21 heavy (non-hydrogen) atoms. The van der Waals surface area contributed by atoms with Gasteiger partial charge in [-0.05, 0) is 11.4 Å². The molecule has 0 spiro atoms. The fourth-order valence-corrected chi connectivity index (χ4v) is 2.20. The SMILES string of the molecule is O=C(O)C[C@@H](NC(=O)c1cc(-c2cccs2)on1)C(=O)O. The second kappa shape index (κ2) is 6.18. The maximum Gasteiger partial charge on any atom is 0.326 e. The van der Waals surface area contributed by atoms with Gasteiger partial charge in [0.25, 0.3) is 5.91 Å². The summed E-state index contributed by atoms with van der Waals surface area (Å²) in [4.78, 5) is 34.0. The molecule has 2 heterocycles. The summed E-state index contributed by atoms with van der Waals surface area (Å²) in [6, 6.07) is 3.41. The predicted molar refractivity (Wildman–Crippen MR) is 71.0 cm³/mol. The van der Waals surface area contributed by atoms with Gasteiger partial charge in [-0.25, -0.2) is 4.79 Å². The first-order valence-electron chi connectivity index (χ1n) is 5.73. The molecule has 2 rings (SSSR count). The average molecular weight is 310 g/mol. The fourth-order valence-electron chi connectivity index (χ4n) is 1.52. The summed E-state index contributed by atoms with van der Waals surface area (Å²) in [5, 5.41) is 24.9. The van der Waals surface area contributed by atoms with Gasteiger partial charge in [0.05, 0.1) is 11.3 Å². The Labute approximate surface area is 122 Å².